The van der Waals surface area contributed by atoms with Crippen LogP contribution >= 0.6 is 38.9 Å². The molecule has 0 aliphatic rings. The summed E-state index contributed by atoms with van der Waals surface area (Å²) in [5, 5.41) is 3.17. The summed E-state index contributed by atoms with van der Waals surface area (Å²) in [6.45, 7) is 0. The molecule has 0 aliphatic carbocycles. The van der Waals surface area contributed by atoms with Gasteiger partial charge in [-0.2, -0.15) is 0 Å². The van der Waals surface area contributed by atoms with Crippen LogP contribution < -0.4 is 0 Å². The lowest BCUT2D eigenvalue weighted by Gasteiger charge is -1.96. The Hall–Kier alpha value is -0.380. The van der Waals surface area contributed by atoms with Gasteiger partial charge in [0.05, 0.1) is 10.7 Å². The first kappa shape index (κ1) is 11.1. The number of benzene rings is 1. The van der Waals surface area contributed by atoms with E-state index in [2.05, 4.69) is 38.4 Å². The van der Waals surface area contributed by atoms with Crippen molar-refractivity contribution in [1.29, 1.82) is 0 Å². The predicted molar refractivity (Wildman–Crippen MR) is 69.7 cm³/mol. The quantitative estimate of drug-likeness (QED) is 0.768. The Morgan fingerprint density at radius 2 is 2.00 bits per heavy atom. The van der Waals surface area contributed by atoms with Gasteiger partial charge in [-0.05, 0) is 12.1 Å². The zero-order valence-electron chi connectivity index (χ0n) is 7.91. The molecular weight excluding hydrogens is 294 g/mol. The normalized spacial score (nSPS) is 10.5. The summed E-state index contributed by atoms with van der Waals surface area (Å²) < 4.78 is 1.09. The van der Waals surface area contributed by atoms with Crippen molar-refractivity contribution in [1.82, 2.24) is 4.98 Å². The Bertz CT molecular complexity index is 438. The fraction of sp³-hybridized carbons (Fsp3) is 0.182. The minimum absolute atomic E-state index is 0.632. The molecule has 1 nitrogen and oxygen atoms in total. The fourth-order valence-electron chi connectivity index (χ4n) is 1.26. The van der Waals surface area contributed by atoms with Gasteiger partial charge in [0, 0.05) is 27.7 Å². The second-order valence-corrected chi connectivity index (χ2v) is 5.31. The molecule has 0 N–H and O–H groups in total. The molecule has 1 aromatic carbocycles. The molecule has 0 unspecified atom stereocenters. The van der Waals surface area contributed by atoms with E-state index in [9.17, 15) is 0 Å². The van der Waals surface area contributed by atoms with Crippen molar-refractivity contribution in [3.63, 3.8) is 0 Å². The highest BCUT2D eigenvalue weighted by Crippen LogP contribution is 2.23. The number of aryl methyl sites for hydroxylation is 1. The van der Waals surface area contributed by atoms with Gasteiger partial charge in [0.15, 0.2) is 0 Å². The van der Waals surface area contributed by atoms with Gasteiger partial charge in [-0.15, -0.1) is 22.9 Å². The molecule has 2 aromatic rings. The maximum absolute atomic E-state index is 5.67. The van der Waals surface area contributed by atoms with E-state index in [-0.39, 0.29) is 0 Å². The zero-order valence-corrected chi connectivity index (χ0v) is 11.1. The summed E-state index contributed by atoms with van der Waals surface area (Å²) in [6, 6.07) is 8.17. The molecule has 0 saturated heterocycles. The maximum Gasteiger partial charge on any atom is 0.0944 e. The van der Waals surface area contributed by atoms with Crippen molar-refractivity contribution < 1.29 is 0 Å². The molecule has 0 radical (unpaired) electrons. The molecular formula is C11H9BrClNS. The molecule has 0 bridgehead atoms. The van der Waals surface area contributed by atoms with Crippen LogP contribution in [0.1, 0.15) is 5.01 Å². The number of rotatable bonds is 3. The number of hydrogen-bond acceptors (Lipinski definition) is 2. The highest BCUT2D eigenvalue weighted by Gasteiger charge is 2.03. The molecule has 15 heavy (non-hydrogen) atoms. The van der Waals surface area contributed by atoms with E-state index in [1.807, 2.05) is 12.1 Å². The van der Waals surface area contributed by atoms with Gasteiger partial charge in [0.1, 0.15) is 0 Å². The summed E-state index contributed by atoms with van der Waals surface area (Å²) in [4.78, 5) is 4.52. The molecule has 0 fully saturated rings. The topological polar surface area (TPSA) is 12.9 Å². The van der Waals surface area contributed by atoms with Gasteiger partial charge < -0.3 is 0 Å². The molecule has 2 rings (SSSR count). The number of nitrogens with zero attached hydrogens (tertiary/aromatic N) is 1. The minimum atomic E-state index is 0.632. The predicted octanol–water partition coefficient (Wildman–Crippen LogP) is 4.35. The number of alkyl halides is 1. The van der Waals surface area contributed by atoms with Crippen molar-refractivity contribution in [2.75, 3.05) is 5.88 Å². The van der Waals surface area contributed by atoms with Gasteiger partial charge in [-0.3, -0.25) is 0 Å². The third-order valence-corrected chi connectivity index (χ3v) is 3.63. The monoisotopic (exact) mass is 301 g/mol. The van der Waals surface area contributed by atoms with Crippen LogP contribution in [0.4, 0.5) is 0 Å². The SMILES string of the molecule is ClCCc1nc(-c2ccc(Br)cc2)cs1. The van der Waals surface area contributed by atoms with E-state index in [1.165, 1.54) is 0 Å². The molecule has 1 heterocycles. The highest BCUT2D eigenvalue weighted by atomic mass is 79.9. The Morgan fingerprint density at radius 3 is 2.67 bits per heavy atom. The summed E-state index contributed by atoms with van der Waals surface area (Å²) in [5.74, 6) is 0.632. The molecule has 0 atom stereocenters. The van der Waals surface area contributed by atoms with Gasteiger partial charge in [0.2, 0.25) is 0 Å². The largest absolute Gasteiger partial charge is 0.241 e. The lowest BCUT2D eigenvalue weighted by Crippen LogP contribution is -1.84. The molecule has 0 spiro atoms. The van der Waals surface area contributed by atoms with E-state index in [1.54, 1.807) is 11.3 Å². The molecule has 4 heteroatoms. The van der Waals surface area contributed by atoms with Crippen LogP contribution in [-0.2, 0) is 6.42 Å². The molecule has 0 amide bonds. The summed E-state index contributed by atoms with van der Waals surface area (Å²) in [6.07, 6.45) is 0.850. The Balaban J connectivity index is 2.25. The third-order valence-electron chi connectivity index (χ3n) is 2.00. The zero-order chi connectivity index (χ0) is 10.7. The summed E-state index contributed by atoms with van der Waals surface area (Å²) in [7, 11) is 0. The average molecular weight is 303 g/mol. The van der Waals surface area contributed by atoms with Gasteiger partial charge in [0.25, 0.3) is 0 Å². The lowest BCUT2D eigenvalue weighted by molar-refractivity contribution is 1.10. The Kier molecular flexibility index (Phi) is 3.78. The number of hydrogen-bond donors (Lipinski definition) is 0. The van der Waals surface area contributed by atoms with Crippen LogP contribution in [0.25, 0.3) is 11.3 Å². The van der Waals surface area contributed by atoms with Crippen molar-refractivity contribution >= 4 is 38.9 Å². The van der Waals surface area contributed by atoms with Crippen LogP contribution in [0.5, 0.6) is 0 Å². The van der Waals surface area contributed by atoms with E-state index < -0.39 is 0 Å². The number of thiazole rings is 1. The van der Waals surface area contributed by atoms with Crippen molar-refractivity contribution in [2.45, 2.75) is 6.42 Å². The van der Waals surface area contributed by atoms with Gasteiger partial charge >= 0.3 is 0 Å². The average Bonchev–Trinajstić information content (AvgIpc) is 2.68. The molecule has 0 aliphatic heterocycles. The first-order chi connectivity index (χ1) is 7.29. The van der Waals surface area contributed by atoms with Crippen molar-refractivity contribution in [2.24, 2.45) is 0 Å². The second-order valence-electron chi connectivity index (χ2n) is 3.07. The lowest BCUT2D eigenvalue weighted by atomic mass is 10.2. The van der Waals surface area contributed by atoms with Crippen molar-refractivity contribution in [3.05, 3.63) is 39.1 Å². The van der Waals surface area contributed by atoms with Crippen LogP contribution in [0, 0.1) is 0 Å². The summed E-state index contributed by atoms with van der Waals surface area (Å²) in [5.41, 5.74) is 2.18. The summed E-state index contributed by atoms with van der Waals surface area (Å²) >= 11 is 10.8. The van der Waals surface area contributed by atoms with Gasteiger partial charge in [-0.25, -0.2) is 4.98 Å². The van der Waals surface area contributed by atoms with Gasteiger partial charge in [-0.1, -0.05) is 28.1 Å². The van der Waals surface area contributed by atoms with Crippen LogP contribution in [0.15, 0.2) is 34.1 Å². The Labute approximate surface area is 106 Å². The first-order valence-corrected chi connectivity index (χ1v) is 6.76. The standard InChI is InChI=1S/C11H9BrClNS/c12-9-3-1-8(2-4-9)10-7-15-11(14-10)5-6-13/h1-4,7H,5-6H2. The smallest absolute Gasteiger partial charge is 0.0944 e. The number of aromatic nitrogens is 1. The van der Waals surface area contributed by atoms with Crippen LogP contribution in [0.2, 0.25) is 0 Å². The molecule has 78 valence electrons. The first-order valence-electron chi connectivity index (χ1n) is 4.56. The van der Waals surface area contributed by atoms with Crippen LogP contribution in [0.3, 0.4) is 0 Å². The highest BCUT2D eigenvalue weighted by molar-refractivity contribution is 9.10. The minimum Gasteiger partial charge on any atom is -0.241 e. The van der Waals surface area contributed by atoms with E-state index in [4.69, 9.17) is 11.6 Å². The third kappa shape index (κ3) is 2.80. The maximum atomic E-state index is 5.67. The van der Waals surface area contributed by atoms with Crippen LogP contribution in [-0.4, -0.2) is 10.9 Å². The fourth-order valence-corrected chi connectivity index (χ4v) is 2.62. The van der Waals surface area contributed by atoms with Crippen molar-refractivity contribution in [3.8, 4) is 11.3 Å². The second kappa shape index (κ2) is 5.10. The van der Waals surface area contributed by atoms with E-state index in [0.717, 1.165) is 27.2 Å². The van der Waals surface area contributed by atoms with E-state index in [0.29, 0.717) is 5.88 Å². The number of halogens is 2. The molecule has 0 saturated carbocycles. The molecule has 1 aromatic heterocycles. The Morgan fingerprint density at radius 1 is 1.27 bits per heavy atom. The van der Waals surface area contributed by atoms with E-state index >= 15 is 0 Å².